The molecule has 1 aliphatic rings. The zero-order chi connectivity index (χ0) is 19.8. The van der Waals surface area contributed by atoms with Crippen LogP contribution in [0.15, 0.2) is 30.4 Å². The predicted molar refractivity (Wildman–Crippen MR) is 103 cm³/mol. The molecule has 0 radical (unpaired) electrons. The molecule has 0 unspecified atom stereocenters. The minimum absolute atomic E-state index is 0.141. The molecule has 1 amide bonds. The Labute approximate surface area is 159 Å². The summed E-state index contributed by atoms with van der Waals surface area (Å²) in [6, 6.07) is 3.48. The smallest absolute Gasteiger partial charge is 0.246 e. The molecule has 1 heterocycles. The third-order valence-electron chi connectivity index (χ3n) is 4.33. The van der Waals surface area contributed by atoms with Crippen molar-refractivity contribution in [2.75, 3.05) is 54.6 Å². The van der Waals surface area contributed by atoms with Crippen LogP contribution in [0.4, 0.5) is 0 Å². The van der Waals surface area contributed by atoms with Gasteiger partial charge in [0.05, 0.1) is 21.3 Å². The standard InChI is InChI=1S/C20H26N2O5/c1-21-9-11-22(12-10-21)19(24)8-7-16(23)6-5-15-13-17(25-2)20(27-4)18(14-15)26-3/h5-8,13-14H,9-12H2,1-4H3/b6-5+,8-7+. The molecule has 7 nitrogen and oxygen atoms in total. The zero-order valence-corrected chi connectivity index (χ0v) is 16.2. The summed E-state index contributed by atoms with van der Waals surface area (Å²) < 4.78 is 15.8. The molecular weight excluding hydrogens is 348 g/mol. The highest BCUT2D eigenvalue weighted by Crippen LogP contribution is 2.38. The van der Waals surface area contributed by atoms with Crippen molar-refractivity contribution in [3.05, 3.63) is 35.9 Å². The van der Waals surface area contributed by atoms with Gasteiger partial charge >= 0.3 is 0 Å². The third kappa shape index (κ3) is 5.59. The molecule has 1 fully saturated rings. The first-order valence-electron chi connectivity index (χ1n) is 8.66. The van der Waals surface area contributed by atoms with E-state index in [2.05, 4.69) is 4.90 Å². The van der Waals surface area contributed by atoms with Crippen molar-refractivity contribution in [3.63, 3.8) is 0 Å². The van der Waals surface area contributed by atoms with Crippen molar-refractivity contribution in [3.8, 4) is 17.2 Å². The van der Waals surface area contributed by atoms with Crippen LogP contribution in [0.3, 0.4) is 0 Å². The molecule has 0 bridgehead atoms. The van der Waals surface area contributed by atoms with E-state index in [1.165, 1.54) is 39.6 Å². The fraction of sp³-hybridized carbons (Fsp3) is 0.400. The fourth-order valence-electron chi connectivity index (χ4n) is 2.72. The lowest BCUT2D eigenvalue weighted by Crippen LogP contribution is -2.46. The summed E-state index contributed by atoms with van der Waals surface area (Å²) in [6.45, 7) is 3.04. The first-order chi connectivity index (χ1) is 13.0. The van der Waals surface area contributed by atoms with Gasteiger partial charge in [-0.3, -0.25) is 9.59 Å². The monoisotopic (exact) mass is 374 g/mol. The highest BCUT2D eigenvalue weighted by molar-refractivity contribution is 6.05. The van der Waals surface area contributed by atoms with Crippen LogP contribution in [0.25, 0.3) is 6.08 Å². The average molecular weight is 374 g/mol. The van der Waals surface area contributed by atoms with Crippen molar-refractivity contribution in [2.24, 2.45) is 0 Å². The van der Waals surface area contributed by atoms with Crippen LogP contribution in [0.5, 0.6) is 17.2 Å². The number of nitrogens with zero attached hydrogens (tertiary/aromatic N) is 2. The molecule has 0 saturated carbocycles. The molecule has 1 aliphatic heterocycles. The van der Waals surface area contributed by atoms with Crippen LogP contribution in [0.2, 0.25) is 0 Å². The largest absolute Gasteiger partial charge is 0.493 e. The molecular formula is C20H26N2O5. The molecule has 2 rings (SSSR count). The van der Waals surface area contributed by atoms with Crippen molar-refractivity contribution in [1.29, 1.82) is 0 Å². The van der Waals surface area contributed by atoms with Gasteiger partial charge in [0, 0.05) is 32.3 Å². The number of rotatable bonds is 7. The Morgan fingerprint density at radius 1 is 0.889 bits per heavy atom. The fourth-order valence-corrected chi connectivity index (χ4v) is 2.72. The first-order valence-corrected chi connectivity index (χ1v) is 8.66. The first kappa shape index (κ1) is 20.5. The Morgan fingerprint density at radius 3 is 2.00 bits per heavy atom. The summed E-state index contributed by atoms with van der Waals surface area (Å²) in [5, 5.41) is 0. The van der Waals surface area contributed by atoms with Crippen LogP contribution in [-0.4, -0.2) is 76.0 Å². The molecule has 27 heavy (non-hydrogen) atoms. The summed E-state index contributed by atoms with van der Waals surface area (Å²) >= 11 is 0. The molecule has 1 saturated heterocycles. The highest BCUT2D eigenvalue weighted by atomic mass is 16.5. The molecule has 7 heteroatoms. The number of amides is 1. The van der Waals surface area contributed by atoms with Gasteiger partial charge in [-0.1, -0.05) is 6.08 Å². The number of methoxy groups -OCH3 is 3. The third-order valence-corrected chi connectivity index (χ3v) is 4.33. The number of ketones is 1. The van der Waals surface area contributed by atoms with Gasteiger partial charge in [0.1, 0.15) is 0 Å². The summed E-state index contributed by atoms with van der Waals surface area (Å²) in [5.74, 6) is 1.08. The van der Waals surface area contributed by atoms with Gasteiger partial charge in [-0.25, -0.2) is 0 Å². The maximum absolute atomic E-state index is 12.1. The second-order valence-electron chi connectivity index (χ2n) is 6.16. The van der Waals surface area contributed by atoms with E-state index >= 15 is 0 Å². The van der Waals surface area contributed by atoms with Crippen LogP contribution in [-0.2, 0) is 9.59 Å². The topological polar surface area (TPSA) is 68.3 Å². The minimum atomic E-state index is -0.272. The predicted octanol–water partition coefficient (Wildman–Crippen LogP) is 1.62. The van der Waals surface area contributed by atoms with Gasteiger partial charge < -0.3 is 24.0 Å². The highest BCUT2D eigenvalue weighted by Gasteiger charge is 2.17. The Bertz CT molecular complexity index is 709. The van der Waals surface area contributed by atoms with E-state index < -0.39 is 0 Å². The quantitative estimate of drug-likeness (QED) is 0.676. The number of piperazine rings is 1. The van der Waals surface area contributed by atoms with Gasteiger partial charge in [0.25, 0.3) is 0 Å². The maximum atomic E-state index is 12.1. The van der Waals surface area contributed by atoms with E-state index in [-0.39, 0.29) is 11.7 Å². The van der Waals surface area contributed by atoms with Crippen LogP contribution < -0.4 is 14.2 Å². The molecule has 0 spiro atoms. The molecule has 1 aromatic carbocycles. The Hall–Kier alpha value is -2.80. The van der Waals surface area contributed by atoms with E-state index in [9.17, 15) is 9.59 Å². The lowest BCUT2D eigenvalue weighted by Gasteiger charge is -2.31. The Balaban J connectivity index is 2.02. The summed E-state index contributed by atoms with van der Waals surface area (Å²) in [7, 11) is 6.61. The minimum Gasteiger partial charge on any atom is -0.493 e. The zero-order valence-electron chi connectivity index (χ0n) is 16.2. The van der Waals surface area contributed by atoms with Crippen LogP contribution >= 0.6 is 0 Å². The molecule has 1 aromatic rings. The van der Waals surface area contributed by atoms with Crippen molar-refractivity contribution < 1.29 is 23.8 Å². The number of carbonyl (C=O) groups is 2. The van der Waals surface area contributed by atoms with Gasteiger partial charge in [-0.05, 0) is 36.9 Å². The Morgan fingerprint density at radius 2 is 1.48 bits per heavy atom. The number of hydrogen-bond acceptors (Lipinski definition) is 6. The van der Waals surface area contributed by atoms with Crippen molar-refractivity contribution in [2.45, 2.75) is 0 Å². The number of hydrogen-bond donors (Lipinski definition) is 0. The number of benzene rings is 1. The van der Waals surface area contributed by atoms with E-state index in [4.69, 9.17) is 14.2 Å². The van der Waals surface area contributed by atoms with Crippen molar-refractivity contribution >= 4 is 17.8 Å². The maximum Gasteiger partial charge on any atom is 0.246 e. The van der Waals surface area contributed by atoms with Crippen molar-refractivity contribution in [1.82, 2.24) is 9.80 Å². The summed E-state index contributed by atoms with van der Waals surface area (Å²) in [6.07, 6.45) is 5.65. The van der Waals surface area contributed by atoms with Gasteiger partial charge in [0.2, 0.25) is 11.7 Å². The number of ether oxygens (including phenoxy) is 3. The molecule has 0 atom stereocenters. The van der Waals surface area contributed by atoms with Crippen LogP contribution in [0.1, 0.15) is 5.56 Å². The lowest BCUT2D eigenvalue weighted by molar-refractivity contribution is -0.127. The Kier molecular flexibility index (Phi) is 7.43. The molecule has 0 aliphatic carbocycles. The SMILES string of the molecule is COc1cc(/C=C/C(=O)/C=C/C(=O)N2CCN(C)CC2)cc(OC)c1OC. The van der Waals surface area contributed by atoms with E-state index in [1.807, 2.05) is 7.05 Å². The normalized spacial score (nSPS) is 15.3. The van der Waals surface area contributed by atoms with Gasteiger partial charge in [-0.15, -0.1) is 0 Å². The second kappa shape index (κ2) is 9.78. The average Bonchev–Trinajstić information content (AvgIpc) is 2.69. The summed E-state index contributed by atoms with van der Waals surface area (Å²) in [4.78, 5) is 28.1. The number of allylic oxidation sites excluding steroid dienone is 2. The number of likely N-dealkylation sites (N-methyl/N-ethyl adjacent to an activating group) is 1. The molecule has 146 valence electrons. The van der Waals surface area contributed by atoms with Crippen LogP contribution in [0, 0.1) is 0 Å². The van der Waals surface area contributed by atoms with Gasteiger partial charge in [0.15, 0.2) is 17.3 Å². The summed E-state index contributed by atoms with van der Waals surface area (Å²) in [5.41, 5.74) is 0.719. The van der Waals surface area contributed by atoms with E-state index in [0.29, 0.717) is 30.3 Å². The van der Waals surface area contributed by atoms with Gasteiger partial charge in [-0.2, -0.15) is 0 Å². The number of carbonyl (C=O) groups excluding carboxylic acids is 2. The lowest BCUT2D eigenvalue weighted by atomic mass is 10.1. The van der Waals surface area contributed by atoms with E-state index in [0.717, 1.165) is 18.7 Å². The second-order valence-corrected chi connectivity index (χ2v) is 6.16. The molecule has 0 N–H and O–H groups in total. The van der Waals surface area contributed by atoms with E-state index in [1.54, 1.807) is 23.1 Å². The molecule has 0 aromatic heterocycles.